The average Bonchev–Trinajstić information content (AvgIpc) is 2.31. The molecule has 0 radical (unpaired) electrons. The molecule has 1 heterocycles. The van der Waals surface area contributed by atoms with E-state index in [1.54, 1.807) is 16.4 Å². The molecule has 0 aromatic heterocycles. The van der Waals surface area contributed by atoms with E-state index >= 15 is 0 Å². The molecule has 114 valence electrons. The number of hydrogen-bond donors (Lipinski definition) is 1. The molecule has 1 fully saturated rings. The van der Waals surface area contributed by atoms with Crippen LogP contribution >= 0.6 is 12.4 Å². The minimum absolute atomic E-state index is 0. The lowest BCUT2D eigenvalue weighted by Crippen LogP contribution is -2.55. The molecule has 0 amide bonds. The number of nitrogens with one attached hydrogen (secondary N) is 1. The monoisotopic (exact) mass is 318 g/mol. The fraction of sp³-hybridized carbons (Fsp3) is 0.571. The first kappa shape index (κ1) is 17.4. The van der Waals surface area contributed by atoms with E-state index in [-0.39, 0.29) is 24.5 Å². The van der Waals surface area contributed by atoms with Gasteiger partial charge in [-0.1, -0.05) is 6.07 Å². The van der Waals surface area contributed by atoms with E-state index in [0.717, 1.165) is 11.1 Å². The highest BCUT2D eigenvalue weighted by Gasteiger charge is 2.31. The van der Waals surface area contributed by atoms with Crippen LogP contribution in [0.15, 0.2) is 23.1 Å². The summed E-state index contributed by atoms with van der Waals surface area (Å²) in [4.78, 5) is 0.400. The summed E-state index contributed by atoms with van der Waals surface area (Å²) >= 11 is 0. The highest BCUT2D eigenvalue weighted by Crippen LogP contribution is 2.21. The van der Waals surface area contributed by atoms with E-state index in [4.69, 9.17) is 0 Å². The van der Waals surface area contributed by atoms with Gasteiger partial charge in [0.1, 0.15) is 0 Å². The summed E-state index contributed by atoms with van der Waals surface area (Å²) < 4.78 is 26.9. The number of nitrogens with zero attached hydrogens (tertiary/aromatic N) is 1. The van der Waals surface area contributed by atoms with Crippen molar-refractivity contribution in [2.45, 2.75) is 44.7 Å². The Bertz CT molecular complexity index is 565. The second-order valence-corrected chi connectivity index (χ2v) is 7.47. The largest absolute Gasteiger partial charge is 0.309 e. The SMILES string of the molecule is Cc1ccc(S(=O)(=O)N2CC(C)NC(C)C2)cc1C.Cl. The van der Waals surface area contributed by atoms with Gasteiger partial charge in [-0.15, -0.1) is 12.4 Å². The van der Waals surface area contributed by atoms with Crippen molar-refractivity contribution in [3.8, 4) is 0 Å². The minimum atomic E-state index is -3.37. The predicted octanol–water partition coefficient (Wildman–Crippen LogP) is 2.10. The lowest BCUT2D eigenvalue weighted by atomic mass is 10.1. The topological polar surface area (TPSA) is 49.4 Å². The summed E-state index contributed by atoms with van der Waals surface area (Å²) in [6.45, 7) is 9.01. The molecule has 1 aliphatic rings. The van der Waals surface area contributed by atoms with Gasteiger partial charge in [-0.05, 0) is 51.0 Å². The molecule has 0 aliphatic carbocycles. The third-order valence-corrected chi connectivity index (χ3v) is 5.47. The van der Waals surface area contributed by atoms with Gasteiger partial charge < -0.3 is 5.32 Å². The van der Waals surface area contributed by atoms with E-state index < -0.39 is 10.0 Å². The Balaban J connectivity index is 0.00000200. The van der Waals surface area contributed by atoms with E-state index in [0.29, 0.717) is 18.0 Å². The molecule has 2 rings (SSSR count). The summed E-state index contributed by atoms with van der Waals surface area (Å²) in [5.41, 5.74) is 2.12. The zero-order valence-corrected chi connectivity index (χ0v) is 14.0. The van der Waals surface area contributed by atoms with Crippen LogP contribution in [0.1, 0.15) is 25.0 Å². The molecular weight excluding hydrogens is 296 g/mol. The predicted molar refractivity (Wildman–Crippen MR) is 84.0 cm³/mol. The molecule has 1 aromatic carbocycles. The summed E-state index contributed by atoms with van der Waals surface area (Å²) in [5.74, 6) is 0. The Morgan fingerprint density at radius 2 is 1.65 bits per heavy atom. The zero-order chi connectivity index (χ0) is 14.2. The van der Waals surface area contributed by atoms with Crippen molar-refractivity contribution in [3.05, 3.63) is 29.3 Å². The summed E-state index contributed by atoms with van der Waals surface area (Å²) in [7, 11) is -3.37. The second kappa shape index (κ2) is 6.43. The molecule has 4 nitrogen and oxygen atoms in total. The van der Waals surface area contributed by atoms with Crippen molar-refractivity contribution in [1.82, 2.24) is 9.62 Å². The number of rotatable bonds is 2. The van der Waals surface area contributed by atoms with Gasteiger partial charge in [0.25, 0.3) is 0 Å². The Labute approximate surface area is 128 Å². The lowest BCUT2D eigenvalue weighted by molar-refractivity contribution is 0.263. The van der Waals surface area contributed by atoms with Crippen LogP contribution in [-0.4, -0.2) is 37.9 Å². The van der Waals surface area contributed by atoms with Gasteiger partial charge in [-0.25, -0.2) is 8.42 Å². The van der Waals surface area contributed by atoms with Gasteiger partial charge >= 0.3 is 0 Å². The molecule has 1 N–H and O–H groups in total. The Morgan fingerprint density at radius 1 is 1.10 bits per heavy atom. The molecular formula is C14H23ClN2O2S. The van der Waals surface area contributed by atoms with E-state index in [9.17, 15) is 8.42 Å². The van der Waals surface area contributed by atoms with Crippen LogP contribution in [0, 0.1) is 13.8 Å². The van der Waals surface area contributed by atoms with Gasteiger partial charge in [-0.2, -0.15) is 4.31 Å². The first-order valence-electron chi connectivity index (χ1n) is 6.64. The van der Waals surface area contributed by atoms with Crippen molar-refractivity contribution in [2.24, 2.45) is 0 Å². The first-order chi connectivity index (χ1) is 8.80. The number of halogens is 1. The summed E-state index contributed by atoms with van der Waals surface area (Å²) in [6.07, 6.45) is 0. The fourth-order valence-electron chi connectivity index (χ4n) is 2.50. The minimum Gasteiger partial charge on any atom is -0.309 e. The first-order valence-corrected chi connectivity index (χ1v) is 8.08. The van der Waals surface area contributed by atoms with Crippen molar-refractivity contribution < 1.29 is 8.42 Å². The maximum atomic E-state index is 12.6. The van der Waals surface area contributed by atoms with Crippen molar-refractivity contribution in [1.29, 1.82) is 0 Å². The Kier molecular flexibility index (Phi) is 5.61. The number of aryl methyl sites for hydroxylation is 2. The van der Waals surface area contributed by atoms with E-state index in [1.165, 1.54) is 0 Å². The quantitative estimate of drug-likeness (QED) is 0.908. The third-order valence-electron chi connectivity index (χ3n) is 3.64. The molecule has 0 saturated carbocycles. The van der Waals surface area contributed by atoms with Gasteiger partial charge in [0.2, 0.25) is 10.0 Å². The fourth-order valence-corrected chi connectivity index (χ4v) is 4.20. The number of sulfonamides is 1. The molecule has 0 bridgehead atoms. The smallest absolute Gasteiger partial charge is 0.243 e. The lowest BCUT2D eigenvalue weighted by Gasteiger charge is -2.35. The highest BCUT2D eigenvalue weighted by atomic mass is 35.5. The molecule has 0 spiro atoms. The molecule has 2 atom stereocenters. The highest BCUT2D eigenvalue weighted by molar-refractivity contribution is 7.89. The molecule has 1 aromatic rings. The molecule has 2 unspecified atom stereocenters. The third kappa shape index (κ3) is 3.52. The van der Waals surface area contributed by atoms with Crippen LogP contribution < -0.4 is 5.32 Å². The zero-order valence-electron chi connectivity index (χ0n) is 12.4. The van der Waals surface area contributed by atoms with Gasteiger partial charge in [0.15, 0.2) is 0 Å². The second-order valence-electron chi connectivity index (χ2n) is 5.54. The van der Waals surface area contributed by atoms with Crippen LogP contribution in [-0.2, 0) is 10.0 Å². The van der Waals surface area contributed by atoms with Gasteiger partial charge in [-0.3, -0.25) is 0 Å². The summed E-state index contributed by atoms with van der Waals surface area (Å²) in [6, 6.07) is 5.71. The standard InChI is InChI=1S/C14H22N2O2S.ClH/c1-10-5-6-14(7-11(10)2)19(17,18)16-8-12(3)15-13(4)9-16;/h5-7,12-13,15H,8-9H2,1-4H3;1H. The van der Waals surface area contributed by atoms with Crippen LogP contribution in [0.25, 0.3) is 0 Å². The Hall–Kier alpha value is -0.620. The van der Waals surface area contributed by atoms with Crippen LogP contribution in [0.3, 0.4) is 0 Å². The molecule has 1 aliphatic heterocycles. The normalized spacial score (nSPS) is 24.2. The van der Waals surface area contributed by atoms with Crippen LogP contribution in [0.2, 0.25) is 0 Å². The molecule has 6 heteroatoms. The van der Waals surface area contributed by atoms with Crippen molar-refractivity contribution in [2.75, 3.05) is 13.1 Å². The van der Waals surface area contributed by atoms with E-state index in [1.807, 2.05) is 33.8 Å². The average molecular weight is 319 g/mol. The molecule has 1 saturated heterocycles. The van der Waals surface area contributed by atoms with Crippen LogP contribution in [0.4, 0.5) is 0 Å². The Morgan fingerprint density at radius 3 is 2.15 bits per heavy atom. The van der Waals surface area contributed by atoms with Crippen molar-refractivity contribution >= 4 is 22.4 Å². The van der Waals surface area contributed by atoms with E-state index in [2.05, 4.69) is 5.32 Å². The van der Waals surface area contributed by atoms with Crippen molar-refractivity contribution in [3.63, 3.8) is 0 Å². The van der Waals surface area contributed by atoms with Gasteiger partial charge in [0.05, 0.1) is 4.90 Å². The number of benzene rings is 1. The maximum Gasteiger partial charge on any atom is 0.243 e. The van der Waals surface area contributed by atoms with Gasteiger partial charge in [0, 0.05) is 25.2 Å². The molecule has 20 heavy (non-hydrogen) atoms. The number of piperazine rings is 1. The van der Waals surface area contributed by atoms with Crippen LogP contribution in [0.5, 0.6) is 0 Å². The summed E-state index contributed by atoms with van der Waals surface area (Å²) in [5, 5.41) is 3.35. The number of hydrogen-bond acceptors (Lipinski definition) is 3. The maximum absolute atomic E-state index is 12.6.